The Morgan fingerprint density at radius 1 is 0.312 bits per heavy atom. The molecular weight excluding hydrogens is 793 g/mol. The first-order valence-corrected chi connectivity index (χ1v) is 22.7. The molecule has 3 heteroatoms. The smallest absolute Gasteiger partial charge is 0.0701 e. The zero-order valence-electron chi connectivity index (χ0n) is 35.1. The lowest BCUT2D eigenvalue weighted by Crippen LogP contribution is -2.31. The van der Waals surface area contributed by atoms with Gasteiger partial charge in [0.2, 0.25) is 0 Å². The first-order chi connectivity index (χ1) is 31.7. The summed E-state index contributed by atoms with van der Waals surface area (Å²) < 4.78 is 4.95. The molecule has 0 atom stereocenters. The molecule has 64 heavy (non-hydrogen) atoms. The third-order valence-electron chi connectivity index (χ3n) is 12.9. The van der Waals surface area contributed by atoms with Gasteiger partial charge in [-0.3, -0.25) is 0 Å². The van der Waals surface area contributed by atoms with Crippen LogP contribution in [0.5, 0.6) is 0 Å². The van der Waals surface area contributed by atoms with E-state index < -0.39 is 5.41 Å². The van der Waals surface area contributed by atoms with Gasteiger partial charge in [0.25, 0.3) is 0 Å². The second kappa shape index (κ2) is 15.7. The average molecular weight is 835 g/mol. The van der Waals surface area contributed by atoms with E-state index in [0.717, 1.165) is 17.1 Å². The van der Waals surface area contributed by atoms with Crippen LogP contribution in [-0.2, 0) is 5.41 Å². The van der Waals surface area contributed by atoms with Crippen molar-refractivity contribution in [1.29, 1.82) is 0 Å². The van der Waals surface area contributed by atoms with Gasteiger partial charge in [-0.25, -0.2) is 0 Å². The molecule has 0 aliphatic carbocycles. The van der Waals surface area contributed by atoms with Crippen molar-refractivity contribution in [2.75, 3.05) is 4.90 Å². The molecule has 0 saturated heterocycles. The molecule has 0 bridgehead atoms. The van der Waals surface area contributed by atoms with E-state index in [1.165, 1.54) is 81.0 Å². The lowest BCUT2D eigenvalue weighted by Gasteiger charge is -2.37. The second-order valence-electron chi connectivity index (χ2n) is 16.5. The average Bonchev–Trinajstić information content (AvgIpc) is 3.91. The maximum Gasteiger partial charge on any atom is 0.0701 e. The third kappa shape index (κ3) is 6.24. The Morgan fingerprint density at radius 3 is 1.42 bits per heavy atom. The molecule has 0 aliphatic heterocycles. The summed E-state index contributed by atoms with van der Waals surface area (Å²) in [4.78, 5) is 2.41. The monoisotopic (exact) mass is 834 g/mol. The molecule has 12 aromatic rings. The van der Waals surface area contributed by atoms with Crippen molar-refractivity contribution < 1.29 is 0 Å². The van der Waals surface area contributed by atoms with Gasteiger partial charge >= 0.3 is 0 Å². The van der Waals surface area contributed by atoms with E-state index in [1.54, 1.807) is 0 Å². The van der Waals surface area contributed by atoms with E-state index in [9.17, 15) is 0 Å². The molecule has 12 rings (SSSR count). The lowest BCUT2D eigenvalue weighted by atomic mass is 9.65. The molecule has 0 radical (unpaired) electrons. The van der Waals surface area contributed by atoms with Crippen molar-refractivity contribution in [3.8, 4) is 16.8 Å². The minimum absolute atomic E-state index is 0.528. The fraction of sp³-hybridized carbons (Fsp3) is 0.0164. The highest BCUT2D eigenvalue weighted by molar-refractivity contribution is 7.25. The van der Waals surface area contributed by atoms with E-state index in [1.807, 2.05) is 11.3 Å². The molecule has 2 nitrogen and oxygen atoms in total. The first kappa shape index (κ1) is 37.8. The van der Waals surface area contributed by atoms with Gasteiger partial charge in [-0.1, -0.05) is 182 Å². The van der Waals surface area contributed by atoms with Gasteiger partial charge < -0.3 is 9.47 Å². The molecule has 0 aliphatic rings. The molecule has 10 aromatic carbocycles. The molecule has 0 fully saturated rings. The summed E-state index contributed by atoms with van der Waals surface area (Å²) in [5.41, 5.74) is 13.6. The SMILES string of the molecule is c1ccc(-n2c3ccccc3c3cc(-c4ccc(N(c5ccc(C(c6ccccc6)(c6ccccc6)c6ccccc6)cc5)c5ccc6c(c5)sc5ccccc56)cc4)ccc32)cc1. The van der Waals surface area contributed by atoms with Crippen LogP contribution in [0.2, 0.25) is 0 Å². The van der Waals surface area contributed by atoms with E-state index in [4.69, 9.17) is 0 Å². The van der Waals surface area contributed by atoms with Gasteiger partial charge in [-0.2, -0.15) is 0 Å². The highest BCUT2D eigenvalue weighted by atomic mass is 32.1. The number of thiophene rings is 1. The zero-order chi connectivity index (χ0) is 42.5. The Bertz CT molecular complexity index is 3480. The van der Waals surface area contributed by atoms with Crippen LogP contribution in [0.3, 0.4) is 0 Å². The summed E-state index contributed by atoms with van der Waals surface area (Å²) in [5, 5.41) is 5.09. The summed E-state index contributed by atoms with van der Waals surface area (Å²) in [6.45, 7) is 0. The standard InChI is InChI=1S/C61H42N2S/c1-5-17-45(18-6-1)61(46-19-7-2-8-20-46,47-21-9-3-10-22-47)48-32-36-51(37-33-48)62(52-38-39-55-54-26-14-16-28-59(54)64-60(55)42-52)50-34-29-43(30-35-50)44-31-40-58-56(41-44)53-25-13-15-27-57(53)63(58)49-23-11-4-12-24-49/h1-42H. The number of rotatable bonds is 9. The molecule has 2 aromatic heterocycles. The van der Waals surface area contributed by atoms with Gasteiger partial charge in [0, 0.05) is 53.7 Å². The van der Waals surface area contributed by atoms with Crippen LogP contribution in [0.4, 0.5) is 17.1 Å². The van der Waals surface area contributed by atoms with Crippen molar-refractivity contribution in [2.24, 2.45) is 0 Å². The normalized spacial score (nSPS) is 11.8. The Labute approximate surface area is 377 Å². The van der Waals surface area contributed by atoms with Crippen LogP contribution < -0.4 is 4.90 Å². The van der Waals surface area contributed by atoms with Crippen LogP contribution in [0, 0.1) is 0 Å². The zero-order valence-corrected chi connectivity index (χ0v) is 35.9. The van der Waals surface area contributed by atoms with E-state index in [0.29, 0.717) is 0 Å². The minimum Gasteiger partial charge on any atom is -0.310 e. The van der Waals surface area contributed by atoms with Crippen LogP contribution in [0.1, 0.15) is 22.3 Å². The number of hydrogen-bond acceptors (Lipinski definition) is 2. The molecule has 2 heterocycles. The van der Waals surface area contributed by atoms with Crippen molar-refractivity contribution in [3.63, 3.8) is 0 Å². The number of hydrogen-bond donors (Lipinski definition) is 0. The number of aromatic nitrogens is 1. The minimum atomic E-state index is -0.528. The predicted molar refractivity (Wildman–Crippen MR) is 272 cm³/mol. The van der Waals surface area contributed by atoms with Crippen molar-refractivity contribution in [3.05, 3.63) is 277 Å². The molecule has 302 valence electrons. The Balaban J connectivity index is 0.992. The third-order valence-corrected chi connectivity index (χ3v) is 14.1. The van der Waals surface area contributed by atoms with Crippen molar-refractivity contribution in [2.45, 2.75) is 5.41 Å². The van der Waals surface area contributed by atoms with Crippen molar-refractivity contribution in [1.82, 2.24) is 4.57 Å². The fourth-order valence-corrected chi connectivity index (χ4v) is 11.2. The topological polar surface area (TPSA) is 8.17 Å². The maximum atomic E-state index is 2.41. The Morgan fingerprint density at radius 2 is 0.781 bits per heavy atom. The molecule has 0 spiro atoms. The van der Waals surface area contributed by atoms with E-state index in [2.05, 4.69) is 264 Å². The summed E-state index contributed by atoms with van der Waals surface area (Å²) in [5.74, 6) is 0. The quantitative estimate of drug-likeness (QED) is 0.132. The van der Waals surface area contributed by atoms with Gasteiger partial charge in [0.15, 0.2) is 0 Å². The Kier molecular flexibility index (Phi) is 9.28. The molecule has 0 N–H and O–H groups in total. The van der Waals surface area contributed by atoms with Crippen molar-refractivity contribution >= 4 is 70.4 Å². The number of nitrogens with zero attached hydrogens (tertiary/aromatic N) is 2. The van der Waals surface area contributed by atoms with Crippen LogP contribution >= 0.6 is 11.3 Å². The lowest BCUT2D eigenvalue weighted by molar-refractivity contribution is 0.745. The number of para-hydroxylation sites is 2. The highest BCUT2D eigenvalue weighted by Gasteiger charge is 2.38. The molecule has 0 amide bonds. The van der Waals surface area contributed by atoms with Crippen LogP contribution in [0.25, 0.3) is 58.8 Å². The summed E-state index contributed by atoms with van der Waals surface area (Å²) in [7, 11) is 0. The van der Waals surface area contributed by atoms with Gasteiger partial charge in [0.05, 0.1) is 16.4 Å². The summed E-state index contributed by atoms with van der Waals surface area (Å²) in [6.07, 6.45) is 0. The maximum absolute atomic E-state index is 2.41. The van der Waals surface area contributed by atoms with Crippen LogP contribution in [0.15, 0.2) is 255 Å². The highest BCUT2D eigenvalue weighted by Crippen LogP contribution is 2.47. The molecular formula is C61H42N2S. The summed E-state index contributed by atoms with van der Waals surface area (Å²) in [6, 6.07) is 93.2. The fourth-order valence-electron chi connectivity index (χ4n) is 10.0. The summed E-state index contributed by atoms with van der Waals surface area (Å²) >= 11 is 1.86. The van der Waals surface area contributed by atoms with Gasteiger partial charge in [-0.05, 0) is 106 Å². The molecule has 0 unspecified atom stereocenters. The number of benzene rings is 10. The van der Waals surface area contributed by atoms with Gasteiger partial charge in [-0.15, -0.1) is 11.3 Å². The van der Waals surface area contributed by atoms with Crippen LogP contribution in [-0.4, -0.2) is 4.57 Å². The predicted octanol–water partition coefficient (Wildman–Crippen LogP) is 16.7. The first-order valence-electron chi connectivity index (χ1n) is 21.9. The second-order valence-corrected chi connectivity index (χ2v) is 17.6. The van der Waals surface area contributed by atoms with Gasteiger partial charge in [0.1, 0.15) is 0 Å². The number of anilines is 3. The molecule has 0 saturated carbocycles. The van der Waals surface area contributed by atoms with E-state index in [-0.39, 0.29) is 0 Å². The number of fused-ring (bicyclic) bond motifs is 6. The largest absolute Gasteiger partial charge is 0.310 e. The Hall–Kier alpha value is -7.98. The van der Waals surface area contributed by atoms with E-state index >= 15 is 0 Å².